The van der Waals surface area contributed by atoms with Crippen LogP contribution in [0.3, 0.4) is 0 Å². The molecule has 0 aromatic carbocycles. The number of allylic oxidation sites excluding steroid dienone is 7. The van der Waals surface area contributed by atoms with Crippen molar-refractivity contribution in [3.8, 4) is 0 Å². The van der Waals surface area contributed by atoms with Crippen LogP contribution in [0.15, 0.2) is 144 Å². The Hall–Kier alpha value is -4.27. The Kier molecular flexibility index (Phi) is 13.5. The molecule has 22 heteroatoms. The lowest BCUT2D eigenvalue weighted by Crippen LogP contribution is -2.36. The SMILES string of the molecule is C[n+]1ccc(/C=C/C2=CC3CC4C=C(S(=O)(=O)O)C=C(CC5C=C(S(=O)(=O)O)C=C(CC6=CC(S(=O)(=O)O)=CC(CC7=CC(S(=O)(=O)O)=CC(CC(=C2)C3O)C7O)C6O)C5O)C4O)cc1. The first-order valence-electron chi connectivity index (χ1n) is 20.2. The van der Waals surface area contributed by atoms with Gasteiger partial charge < -0.3 is 25.5 Å². The van der Waals surface area contributed by atoms with E-state index in [1.807, 2.05) is 23.7 Å². The number of rotatable bonds is 6. The van der Waals surface area contributed by atoms with Gasteiger partial charge in [0, 0.05) is 41.7 Å². The topological polar surface area (TPSA) is 323 Å². The summed E-state index contributed by atoms with van der Waals surface area (Å²) in [5.41, 5.74) is 0.819. The first-order valence-corrected chi connectivity index (χ1v) is 26.0. The van der Waals surface area contributed by atoms with Crippen molar-refractivity contribution in [1.82, 2.24) is 0 Å². The van der Waals surface area contributed by atoms with Crippen molar-refractivity contribution < 1.29 is 82.0 Å². The molecule has 10 unspecified atom stereocenters. The van der Waals surface area contributed by atoms with Gasteiger partial charge in [-0.2, -0.15) is 33.7 Å². The second kappa shape index (κ2) is 18.1. The third kappa shape index (κ3) is 11.0. The van der Waals surface area contributed by atoms with E-state index in [9.17, 15) is 77.4 Å². The average Bonchev–Trinajstić information content (AvgIpc) is 3.19. The average molecular weight is 979 g/mol. The summed E-state index contributed by atoms with van der Waals surface area (Å²) in [5.74, 6) is -6.05. The van der Waals surface area contributed by atoms with Crippen LogP contribution in [0.1, 0.15) is 37.7 Å². The fraction of sp³-hybridized carbons (Fsp3) is 0.372. The Balaban J connectivity index is 1.41. The summed E-state index contributed by atoms with van der Waals surface area (Å²) in [6.07, 6.45) is 8.01. The molecule has 0 saturated heterocycles. The van der Waals surface area contributed by atoms with Crippen molar-refractivity contribution in [3.63, 3.8) is 0 Å². The van der Waals surface area contributed by atoms with E-state index in [4.69, 9.17) is 0 Å². The van der Waals surface area contributed by atoms with Crippen LogP contribution in [-0.4, -0.2) is 108 Å². The highest BCUT2D eigenvalue weighted by molar-refractivity contribution is 7.90. The molecule has 0 amide bonds. The molecule has 10 atom stereocenters. The van der Waals surface area contributed by atoms with Crippen molar-refractivity contribution in [2.75, 3.05) is 0 Å². The molecule has 0 aliphatic heterocycles. The van der Waals surface area contributed by atoms with E-state index in [-0.39, 0.29) is 40.7 Å². The number of fused-ring (bicyclic) bond motifs is 10. The van der Waals surface area contributed by atoms with Gasteiger partial charge in [0.2, 0.25) is 0 Å². The Morgan fingerprint density at radius 3 is 1.18 bits per heavy atom. The zero-order valence-corrected chi connectivity index (χ0v) is 37.7. The first-order chi connectivity index (χ1) is 30.1. The maximum Gasteiger partial charge on any atom is 0.294 e. The molecular formula is C43H48NO17S4+. The number of hydrogen-bond donors (Lipinski definition) is 9. The van der Waals surface area contributed by atoms with E-state index < -0.39 is 139 Å². The highest BCUT2D eigenvalue weighted by Gasteiger charge is 2.41. The molecule has 6 aliphatic rings. The fourth-order valence-corrected chi connectivity index (χ4v) is 11.8. The van der Waals surface area contributed by atoms with Crippen LogP contribution in [0.25, 0.3) is 6.08 Å². The quantitative estimate of drug-likeness (QED) is 0.146. The Morgan fingerprint density at radius 2 is 0.785 bits per heavy atom. The molecule has 1 aromatic rings. The summed E-state index contributed by atoms with van der Waals surface area (Å²) in [4.78, 5) is -2.84. The predicted octanol–water partition coefficient (Wildman–Crippen LogP) is 2.09. The van der Waals surface area contributed by atoms with Gasteiger partial charge >= 0.3 is 0 Å². The maximum absolute atomic E-state index is 12.7. The van der Waals surface area contributed by atoms with Crippen molar-refractivity contribution in [1.29, 1.82) is 0 Å². The minimum absolute atomic E-state index is 0.112. The zero-order valence-electron chi connectivity index (χ0n) is 34.4. The van der Waals surface area contributed by atoms with Crippen molar-refractivity contribution in [2.24, 2.45) is 36.6 Å². The molecule has 7 rings (SSSR count). The van der Waals surface area contributed by atoms with Gasteiger partial charge in [-0.05, 0) is 95.4 Å². The first kappa shape index (κ1) is 48.7. The van der Waals surface area contributed by atoms with Gasteiger partial charge in [0.1, 0.15) is 7.05 Å². The third-order valence-electron chi connectivity index (χ3n) is 12.5. The summed E-state index contributed by atoms with van der Waals surface area (Å²) in [7, 11) is -18.3. The van der Waals surface area contributed by atoms with Gasteiger partial charge in [-0.3, -0.25) is 18.2 Å². The molecule has 18 nitrogen and oxygen atoms in total. The minimum atomic E-state index is -5.05. The highest BCUT2D eigenvalue weighted by atomic mass is 32.2. The van der Waals surface area contributed by atoms with Crippen molar-refractivity contribution >= 4 is 46.5 Å². The lowest BCUT2D eigenvalue weighted by atomic mass is 9.72. The largest absolute Gasteiger partial charge is 0.388 e. The molecule has 1 aromatic heterocycles. The number of hydrogen-bond acceptors (Lipinski definition) is 13. The molecular weight excluding hydrogens is 931 g/mol. The number of aromatic nitrogens is 1. The smallest absolute Gasteiger partial charge is 0.294 e. The summed E-state index contributed by atoms with van der Waals surface area (Å²) in [6.45, 7) is 0. The molecule has 0 radical (unpaired) electrons. The molecule has 1 fully saturated rings. The number of aliphatic hydroxyl groups is 5. The van der Waals surface area contributed by atoms with E-state index in [0.29, 0.717) is 5.57 Å². The van der Waals surface area contributed by atoms with Gasteiger partial charge in [-0.15, -0.1) is 0 Å². The van der Waals surface area contributed by atoms with E-state index in [0.717, 1.165) is 54.2 Å². The molecule has 0 spiro atoms. The van der Waals surface area contributed by atoms with E-state index >= 15 is 0 Å². The monoisotopic (exact) mass is 978 g/mol. The van der Waals surface area contributed by atoms with Crippen LogP contribution in [0.5, 0.6) is 0 Å². The summed E-state index contributed by atoms with van der Waals surface area (Å²) in [5, 5.41) is 59.4. The number of aryl methyl sites for hydroxylation is 1. The van der Waals surface area contributed by atoms with Crippen LogP contribution in [-0.2, 0) is 47.5 Å². The molecule has 65 heavy (non-hydrogen) atoms. The standard InChI is InChI=1S/C43H47NO17S4/c1-44-6-4-23(5-7-44)2-3-24-8-25-10-27-15-35(62(50,51)52)17-29(40(27)46)12-31-19-37(64(56,57)58)21-33(42(31)48)14-34-22-38(65(59,60)61)20-32(43(34)49)13-30-18-36(63(53,54)55)16-28(41(30)47)11-26(9-24)39(25)45/h2-9,15-22,25,27-28,31-32,39-43,45-49H,10-14H2,1H3,(H3-,50,51,52,53,54,55,56,57,58,59,60,61)/p+1/b3-2+. The van der Waals surface area contributed by atoms with E-state index in [1.165, 1.54) is 0 Å². The molecule has 9 N–H and O–H groups in total. The Labute approximate surface area is 376 Å². The van der Waals surface area contributed by atoms with Crippen LogP contribution >= 0.6 is 0 Å². The third-order valence-corrected chi connectivity index (χ3v) is 15.9. The van der Waals surface area contributed by atoms with Gasteiger partial charge in [0.15, 0.2) is 12.4 Å². The minimum Gasteiger partial charge on any atom is -0.388 e. The summed E-state index contributed by atoms with van der Waals surface area (Å²) < 4.78 is 144. The molecule has 1 heterocycles. The number of aliphatic hydroxyl groups excluding tert-OH is 5. The van der Waals surface area contributed by atoms with Gasteiger partial charge in [-0.25, -0.2) is 4.57 Å². The molecule has 10 bridgehead atoms. The van der Waals surface area contributed by atoms with Gasteiger partial charge in [-0.1, -0.05) is 48.6 Å². The second-order valence-electron chi connectivity index (χ2n) is 17.1. The normalized spacial score (nSPS) is 31.7. The highest BCUT2D eigenvalue weighted by Crippen LogP contribution is 2.44. The predicted molar refractivity (Wildman–Crippen MR) is 234 cm³/mol. The zero-order chi connectivity index (χ0) is 47.6. The lowest BCUT2D eigenvalue weighted by Gasteiger charge is -2.37. The van der Waals surface area contributed by atoms with Crippen LogP contribution < -0.4 is 4.57 Å². The number of pyridine rings is 1. The van der Waals surface area contributed by atoms with Crippen LogP contribution in [0.2, 0.25) is 0 Å². The van der Waals surface area contributed by atoms with E-state index in [2.05, 4.69) is 0 Å². The second-order valence-corrected chi connectivity index (χ2v) is 22.8. The molecule has 6 aliphatic carbocycles. The van der Waals surface area contributed by atoms with Gasteiger partial charge in [0.25, 0.3) is 40.5 Å². The summed E-state index contributed by atoms with van der Waals surface area (Å²) in [6, 6.07) is 3.65. The lowest BCUT2D eigenvalue weighted by molar-refractivity contribution is -0.671. The fourth-order valence-electron chi connectivity index (χ4n) is 9.22. The van der Waals surface area contributed by atoms with Gasteiger partial charge in [0.05, 0.1) is 50.1 Å². The number of nitrogens with zero attached hydrogens (tertiary/aromatic N) is 1. The van der Waals surface area contributed by atoms with Crippen LogP contribution in [0, 0.1) is 29.6 Å². The molecule has 350 valence electrons. The van der Waals surface area contributed by atoms with Crippen LogP contribution in [0.4, 0.5) is 0 Å². The summed E-state index contributed by atoms with van der Waals surface area (Å²) >= 11 is 0. The Bertz CT molecular complexity index is 2970. The maximum atomic E-state index is 12.7. The molecule has 1 saturated carbocycles. The van der Waals surface area contributed by atoms with Crippen molar-refractivity contribution in [3.05, 3.63) is 150 Å². The van der Waals surface area contributed by atoms with E-state index in [1.54, 1.807) is 36.7 Å². The Morgan fingerprint density at radius 1 is 0.462 bits per heavy atom. The van der Waals surface area contributed by atoms with Crippen molar-refractivity contribution in [2.45, 2.75) is 62.6 Å².